The lowest BCUT2D eigenvalue weighted by Crippen LogP contribution is -1.83. The maximum absolute atomic E-state index is 13.2. The van der Waals surface area contributed by atoms with E-state index in [-0.39, 0.29) is 5.69 Å². The fraction of sp³-hybridized carbons (Fsp3) is 0. The summed E-state index contributed by atoms with van der Waals surface area (Å²) in [7, 11) is 0. The zero-order chi connectivity index (χ0) is 11.4. The minimum Gasteiger partial charge on any atom is -0.264 e. The molecule has 0 saturated heterocycles. The molecule has 80 valence electrons. The van der Waals surface area contributed by atoms with Crippen molar-refractivity contribution in [1.82, 2.24) is 4.98 Å². The highest BCUT2D eigenvalue weighted by Crippen LogP contribution is 2.17. The molecule has 4 heteroatoms. The first kappa shape index (κ1) is 10.4. The number of aromatic nitrogens is 1. The van der Waals surface area contributed by atoms with Gasteiger partial charge < -0.3 is 0 Å². The van der Waals surface area contributed by atoms with E-state index < -0.39 is 11.6 Å². The van der Waals surface area contributed by atoms with Crippen LogP contribution in [0.25, 0.3) is 0 Å². The average molecular weight is 218 g/mol. The summed E-state index contributed by atoms with van der Waals surface area (Å²) in [6.07, 6.45) is 4.71. The minimum absolute atomic E-state index is 0.102. The summed E-state index contributed by atoms with van der Waals surface area (Å²) in [5, 5.41) is 0. The summed E-state index contributed by atoms with van der Waals surface area (Å²) in [6, 6.07) is 6.80. The molecule has 0 bridgehead atoms. The molecular formula is C12H8F2N2. The quantitative estimate of drug-likeness (QED) is 0.711. The van der Waals surface area contributed by atoms with Crippen LogP contribution >= 0.6 is 0 Å². The Morgan fingerprint density at radius 3 is 2.75 bits per heavy atom. The number of halogens is 2. The number of pyridine rings is 1. The maximum Gasteiger partial charge on any atom is 0.151 e. The van der Waals surface area contributed by atoms with E-state index in [2.05, 4.69) is 9.98 Å². The van der Waals surface area contributed by atoms with Crippen molar-refractivity contribution in [2.24, 2.45) is 4.99 Å². The molecule has 2 rings (SSSR count). The van der Waals surface area contributed by atoms with Crippen LogP contribution in [0.1, 0.15) is 5.56 Å². The van der Waals surface area contributed by atoms with E-state index in [1.54, 1.807) is 24.5 Å². The molecule has 1 heterocycles. The molecule has 0 N–H and O–H groups in total. The summed E-state index contributed by atoms with van der Waals surface area (Å²) in [5.41, 5.74) is 0.858. The monoisotopic (exact) mass is 218 g/mol. The molecule has 0 aliphatic heterocycles. The van der Waals surface area contributed by atoms with Crippen molar-refractivity contribution in [3.8, 4) is 0 Å². The van der Waals surface area contributed by atoms with Crippen molar-refractivity contribution >= 4 is 11.9 Å². The van der Waals surface area contributed by atoms with Gasteiger partial charge in [-0.2, -0.15) is 0 Å². The lowest BCUT2D eigenvalue weighted by Gasteiger charge is -1.96. The first-order valence-electron chi connectivity index (χ1n) is 4.65. The van der Waals surface area contributed by atoms with E-state index in [0.717, 1.165) is 11.6 Å². The van der Waals surface area contributed by atoms with Gasteiger partial charge in [-0.1, -0.05) is 6.07 Å². The minimum atomic E-state index is -0.680. The molecule has 0 aliphatic carbocycles. The van der Waals surface area contributed by atoms with Crippen molar-refractivity contribution in [3.63, 3.8) is 0 Å². The number of aliphatic imine (C=N–C) groups is 1. The van der Waals surface area contributed by atoms with Crippen molar-refractivity contribution in [2.75, 3.05) is 0 Å². The van der Waals surface area contributed by atoms with Crippen LogP contribution in [0.5, 0.6) is 0 Å². The summed E-state index contributed by atoms with van der Waals surface area (Å²) in [4.78, 5) is 7.80. The molecule has 1 aromatic carbocycles. The van der Waals surface area contributed by atoms with E-state index in [1.807, 2.05) is 0 Å². The normalized spacial score (nSPS) is 10.9. The Morgan fingerprint density at radius 2 is 2.06 bits per heavy atom. The van der Waals surface area contributed by atoms with Crippen LogP contribution in [-0.4, -0.2) is 11.2 Å². The van der Waals surface area contributed by atoms with E-state index >= 15 is 0 Å². The molecule has 16 heavy (non-hydrogen) atoms. The zero-order valence-corrected chi connectivity index (χ0v) is 8.27. The molecule has 0 fully saturated rings. The second-order valence-corrected chi connectivity index (χ2v) is 3.14. The second kappa shape index (κ2) is 4.61. The fourth-order valence-corrected chi connectivity index (χ4v) is 1.18. The standard InChI is InChI=1S/C12H8F2N2/c13-10-3-4-12(11(14)6-10)16-8-9-2-1-5-15-7-9/h1-8H/b16-8+. The fourth-order valence-electron chi connectivity index (χ4n) is 1.18. The summed E-state index contributed by atoms with van der Waals surface area (Å²) < 4.78 is 25.8. The van der Waals surface area contributed by atoms with Crippen LogP contribution < -0.4 is 0 Å². The molecule has 2 nitrogen and oxygen atoms in total. The molecular weight excluding hydrogens is 210 g/mol. The predicted molar refractivity (Wildman–Crippen MR) is 57.8 cm³/mol. The topological polar surface area (TPSA) is 25.2 Å². The molecule has 0 aliphatic rings. The number of nitrogens with zero attached hydrogens (tertiary/aromatic N) is 2. The number of benzene rings is 1. The summed E-state index contributed by atoms with van der Waals surface area (Å²) >= 11 is 0. The van der Waals surface area contributed by atoms with Gasteiger partial charge in [-0.3, -0.25) is 9.98 Å². The number of hydrogen-bond acceptors (Lipinski definition) is 2. The summed E-state index contributed by atoms with van der Waals surface area (Å²) in [5.74, 6) is -1.29. The number of hydrogen-bond donors (Lipinski definition) is 0. The second-order valence-electron chi connectivity index (χ2n) is 3.14. The highest BCUT2D eigenvalue weighted by Gasteiger charge is 2.00. The van der Waals surface area contributed by atoms with E-state index in [0.29, 0.717) is 0 Å². The lowest BCUT2D eigenvalue weighted by atomic mass is 10.3. The molecule has 0 spiro atoms. The first-order valence-corrected chi connectivity index (χ1v) is 4.65. The van der Waals surface area contributed by atoms with Crippen LogP contribution in [0.3, 0.4) is 0 Å². The summed E-state index contributed by atoms with van der Waals surface area (Å²) in [6.45, 7) is 0. The molecule has 2 aromatic rings. The van der Waals surface area contributed by atoms with Crippen LogP contribution in [0.2, 0.25) is 0 Å². The van der Waals surface area contributed by atoms with Gasteiger partial charge in [0.2, 0.25) is 0 Å². The van der Waals surface area contributed by atoms with E-state index in [9.17, 15) is 8.78 Å². The van der Waals surface area contributed by atoms with Crippen molar-refractivity contribution in [1.29, 1.82) is 0 Å². The third-order valence-electron chi connectivity index (χ3n) is 1.95. The van der Waals surface area contributed by atoms with Crippen LogP contribution in [0.15, 0.2) is 47.7 Å². The van der Waals surface area contributed by atoms with E-state index in [4.69, 9.17) is 0 Å². The predicted octanol–water partition coefficient (Wildman–Crippen LogP) is 3.11. The third kappa shape index (κ3) is 2.48. The van der Waals surface area contributed by atoms with Gasteiger partial charge in [0.1, 0.15) is 5.82 Å². The Bertz CT molecular complexity index is 510. The first-order chi connectivity index (χ1) is 7.75. The van der Waals surface area contributed by atoms with Crippen molar-refractivity contribution < 1.29 is 8.78 Å². The molecule has 0 unspecified atom stereocenters. The van der Waals surface area contributed by atoms with Crippen LogP contribution in [-0.2, 0) is 0 Å². The van der Waals surface area contributed by atoms with Gasteiger partial charge in [0.05, 0.1) is 5.69 Å². The molecule has 0 saturated carbocycles. The average Bonchev–Trinajstić information content (AvgIpc) is 2.29. The smallest absolute Gasteiger partial charge is 0.151 e. The van der Waals surface area contributed by atoms with Gasteiger partial charge in [0.15, 0.2) is 5.82 Å². The Balaban J connectivity index is 2.24. The SMILES string of the molecule is Fc1ccc(/N=C/c2cccnc2)c(F)c1. The Morgan fingerprint density at radius 1 is 1.19 bits per heavy atom. The van der Waals surface area contributed by atoms with Gasteiger partial charge in [-0.15, -0.1) is 0 Å². The van der Waals surface area contributed by atoms with Crippen LogP contribution in [0, 0.1) is 11.6 Å². The Kier molecular flexibility index (Phi) is 3.00. The van der Waals surface area contributed by atoms with Gasteiger partial charge in [0, 0.05) is 30.2 Å². The molecule has 0 atom stereocenters. The Hall–Kier alpha value is -2.10. The molecule has 1 aromatic heterocycles. The maximum atomic E-state index is 13.2. The largest absolute Gasteiger partial charge is 0.264 e. The third-order valence-corrected chi connectivity index (χ3v) is 1.95. The highest BCUT2D eigenvalue weighted by atomic mass is 19.1. The number of rotatable bonds is 2. The molecule has 0 amide bonds. The van der Waals surface area contributed by atoms with Crippen molar-refractivity contribution in [3.05, 3.63) is 59.9 Å². The highest BCUT2D eigenvalue weighted by molar-refractivity contribution is 5.81. The Labute approximate surface area is 91.3 Å². The van der Waals surface area contributed by atoms with Gasteiger partial charge in [0.25, 0.3) is 0 Å². The van der Waals surface area contributed by atoms with Gasteiger partial charge in [-0.25, -0.2) is 8.78 Å². The zero-order valence-electron chi connectivity index (χ0n) is 8.27. The van der Waals surface area contributed by atoms with E-state index in [1.165, 1.54) is 18.3 Å². The van der Waals surface area contributed by atoms with Crippen LogP contribution in [0.4, 0.5) is 14.5 Å². The van der Waals surface area contributed by atoms with Gasteiger partial charge >= 0.3 is 0 Å². The van der Waals surface area contributed by atoms with Gasteiger partial charge in [-0.05, 0) is 18.2 Å². The lowest BCUT2D eigenvalue weighted by molar-refractivity contribution is 0.585. The molecule has 0 radical (unpaired) electrons. The van der Waals surface area contributed by atoms with Crippen molar-refractivity contribution in [2.45, 2.75) is 0 Å².